The van der Waals surface area contributed by atoms with E-state index in [2.05, 4.69) is 9.38 Å². The predicted molar refractivity (Wildman–Crippen MR) is 86.9 cm³/mol. The lowest BCUT2D eigenvalue weighted by molar-refractivity contribution is 0.597. The average Bonchev–Trinajstić information content (AvgIpc) is 2.53. The Morgan fingerprint density at radius 3 is 2.62 bits per heavy atom. The zero-order valence-corrected chi connectivity index (χ0v) is 12.4. The van der Waals surface area contributed by atoms with Gasteiger partial charge in [0.05, 0.1) is 11.7 Å². The maximum Gasteiger partial charge on any atom is 0.182 e. The molecule has 1 atom stereocenters. The molecule has 3 aromatic rings. The molecule has 3 nitrogen and oxygen atoms in total. The van der Waals surface area contributed by atoms with E-state index in [9.17, 15) is 4.55 Å². The third-order valence-corrected chi connectivity index (χ3v) is 4.15. The number of aryl methyl sites for hydroxylation is 1. The number of hydrogen-bond donors (Lipinski definition) is 0. The predicted octanol–water partition coefficient (Wildman–Crippen LogP) is 3.68. The van der Waals surface area contributed by atoms with Crippen molar-refractivity contribution in [3.05, 3.63) is 71.9 Å². The van der Waals surface area contributed by atoms with Crippen LogP contribution in [0.4, 0.5) is 0 Å². The standard InChI is InChI=1S/C17H14N2OS/c1-13-7-9-16(10-8-13)21(20)19-12-15-5-2-4-14-6-3-11-18-17(14)15/h2-12H,1H3/t21-/m0/s1. The fourth-order valence-corrected chi connectivity index (χ4v) is 2.75. The van der Waals surface area contributed by atoms with Crippen molar-refractivity contribution in [2.75, 3.05) is 0 Å². The second-order valence-corrected chi connectivity index (χ2v) is 5.90. The van der Waals surface area contributed by atoms with Gasteiger partial charge in [0.15, 0.2) is 4.90 Å². The van der Waals surface area contributed by atoms with E-state index in [1.54, 1.807) is 12.4 Å². The number of benzene rings is 2. The van der Waals surface area contributed by atoms with Crippen LogP contribution in [0.1, 0.15) is 11.1 Å². The molecule has 0 spiro atoms. The Balaban J connectivity index is 1.89. The van der Waals surface area contributed by atoms with Gasteiger partial charge < -0.3 is 4.55 Å². The molecule has 0 saturated carbocycles. The summed E-state index contributed by atoms with van der Waals surface area (Å²) in [5.74, 6) is 0. The van der Waals surface area contributed by atoms with Gasteiger partial charge in [-0.15, -0.1) is 0 Å². The normalized spacial score (nSPS) is 12.9. The Labute approximate surface area is 126 Å². The van der Waals surface area contributed by atoms with E-state index in [-0.39, 0.29) is 0 Å². The van der Waals surface area contributed by atoms with Gasteiger partial charge in [-0.05, 0) is 25.1 Å². The number of aromatic nitrogens is 1. The lowest BCUT2D eigenvalue weighted by Gasteiger charge is -2.03. The maximum absolute atomic E-state index is 12.2. The van der Waals surface area contributed by atoms with E-state index in [0.717, 1.165) is 22.0 Å². The molecule has 0 unspecified atom stereocenters. The summed E-state index contributed by atoms with van der Waals surface area (Å²) in [7, 11) is 0. The van der Waals surface area contributed by atoms with Crippen molar-refractivity contribution in [2.45, 2.75) is 11.8 Å². The molecule has 0 bridgehead atoms. The minimum absolute atomic E-state index is 0.699. The van der Waals surface area contributed by atoms with Gasteiger partial charge in [0, 0.05) is 17.1 Å². The van der Waals surface area contributed by atoms with Gasteiger partial charge in [0.1, 0.15) is 11.4 Å². The number of nitrogens with zero attached hydrogens (tertiary/aromatic N) is 2. The first-order valence-electron chi connectivity index (χ1n) is 6.60. The number of fused-ring (bicyclic) bond motifs is 1. The van der Waals surface area contributed by atoms with Crippen LogP contribution in [0.2, 0.25) is 0 Å². The second kappa shape index (κ2) is 6.08. The van der Waals surface area contributed by atoms with Gasteiger partial charge in [-0.3, -0.25) is 4.98 Å². The summed E-state index contributed by atoms with van der Waals surface area (Å²) in [6.45, 7) is 2.00. The summed E-state index contributed by atoms with van der Waals surface area (Å²) < 4.78 is 16.3. The molecule has 1 heterocycles. The van der Waals surface area contributed by atoms with E-state index in [4.69, 9.17) is 0 Å². The van der Waals surface area contributed by atoms with Crippen LogP contribution in [0.15, 0.2) is 70.1 Å². The molecular formula is C17H14N2OS. The average molecular weight is 294 g/mol. The van der Waals surface area contributed by atoms with Gasteiger partial charge >= 0.3 is 0 Å². The summed E-state index contributed by atoms with van der Waals surface area (Å²) in [5.41, 5.74) is 2.87. The minimum atomic E-state index is -1.39. The highest BCUT2D eigenvalue weighted by atomic mass is 32.2. The van der Waals surface area contributed by atoms with Crippen LogP contribution < -0.4 is 0 Å². The molecule has 0 aliphatic heterocycles. The number of pyridine rings is 1. The van der Waals surface area contributed by atoms with Gasteiger partial charge in [-0.25, -0.2) is 0 Å². The molecule has 0 aliphatic carbocycles. The second-order valence-electron chi connectivity index (χ2n) is 4.72. The Hall–Kier alpha value is -2.17. The first-order valence-corrected chi connectivity index (χ1v) is 7.71. The van der Waals surface area contributed by atoms with Crippen LogP contribution in [-0.2, 0) is 11.4 Å². The quantitative estimate of drug-likeness (QED) is 0.546. The van der Waals surface area contributed by atoms with Crippen LogP contribution in [0, 0.1) is 6.92 Å². The highest BCUT2D eigenvalue weighted by Crippen LogP contribution is 2.16. The van der Waals surface area contributed by atoms with Crippen molar-refractivity contribution in [3.63, 3.8) is 0 Å². The monoisotopic (exact) mass is 294 g/mol. The molecule has 4 heteroatoms. The molecule has 0 fully saturated rings. The van der Waals surface area contributed by atoms with Crippen molar-refractivity contribution in [2.24, 2.45) is 4.40 Å². The summed E-state index contributed by atoms with van der Waals surface area (Å²) in [6, 6.07) is 17.3. The fraction of sp³-hybridized carbons (Fsp3) is 0.0588. The smallest absolute Gasteiger partial charge is 0.182 e. The molecular weight excluding hydrogens is 280 g/mol. The Kier molecular flexibility index (Phi) is 3.99. The minimum Gasteiger partial charge on any atom is -0.586 e. The topological polar surface area (TPSA) is 48.3 Å². The van der Waals surface area contributed by atoms with Crippen molar-refractivity contribution in [1.82, 2.24) is 4.98 Å². The van der Waals surface area contributed by atoms with Crippen LogP contribution in [0.25, 0.3) is 10.9 Å². The van der Waals surface area contributed by atoms with E-state index in [1.807, 2.05) is 61.5 Å². The van der Waals surface area contributed by atoms with Crippen molar-refractivity contribution in [3.8, 4) is 0 Å². The number of para-hydroxylation sites is 1. The van der Waals surface area contributed by atoms with Crippen molar-refractivity contribution in [1.29, 1.82) is 0 Å². The molecule has 0 N–H and O–H groups in total. The van der Waals surface area contributed by atoms with E-state index < -0.39 is 11.4 Å². The van der Waals surface area contributed by atoms with Crippen molar-refractivity contribution < 1.29 is 4.55 Å². The van der Waals surface area contributed by atoms with Crippen LogP contribution in [0.5, 0.6) is 0 Å². The van der Waals surface area contributed by atoms with E-state index in [0.29, 0.717) is 4.90 Å². The molecule has 21 heavy (non-hydrogen) atoms. The fourth-order valence-electron chi connectivity index (χ4n) is 2.05. The van der Waals surface area contributed by atoms with E-state index >= 15 is 0 Å². The van der Waals surface area contributed by atoms with Crippen LogP contribution in [0.3, 0.4) is 0 Å². The van der Waals surface area contributed by atoms with Gasteiger partial charge in [0.25, 0.3) is 0 Å². The van der Waals surface area contributed by atoms with Gasteiger partial charge in [-0.2, -0.15) is 0 Å². The zero-order chi connectivity index (χ0) is 14.7. The molecule has 0 amide bonds. The SMILES string of the molecule is Cc1ccc([S@+]([O-])N=Cc2cccc3cccnc23)cc1. The summed E-state index contributed by atoms with van der Waals surface area (Å²) in [5, 5.41) is 1.04. The lowest BCUT2D eigenvalue weighted by Crippen LogP contribution is -1.98. The van der Waals surface area contributed by atoms with Crippen molar-refractivity contribution >= 4 is 28.5 Å². The largest absolute Gasteiger partial charge is 0.586 e. The molecule has 0 radical (unpaired) electrons. The number of rotatable bonds is 3. The molecule has 2 aromatic carbocycles. The van der Waals surface area contributed by atoms with E-state index in [1.165, 1.54) is 0 Å². The summed E-state index contributed by atoms with van der Waals surface area (Å²) in [6.07, 6.45) is 3.38. The molecule has 1 aromatic heterocycles. The Bertz CT molecular complexity index is 779. The Morgan fingerprint density at radius 2 is 1.81 bits per heavy atom. The zero-order valence-electron chi connectivity index (χ0n) is 11.6. The maximum atomic E-state index is 12.2. The van der Waals surface area contributed by atoms with Crippen LogP contribution >= 0.6 is 0 Å². The molecule has 0 aliphatic rings. The summed E-state index contributed by atoms with van der Waals surface area (Å²) in [4.78, 5) is 5.05. The number of hydrogen-bond acceptors (Lipinski definition) is 3. The third-order valence-electron chi connectivity index (χ3n) is 3.17. The molecule has 3 rings (SSSR count). The summed E-state index contributed by atoms with van der Waals surface area (Å²) >= 11 is -1.39. The first-order chi connectivity index (χ1) is 10.2. The first kappa shape index (κ1) is 13.8. The Morgan fingerprint density at radius 1 is 1.05 bits per heavy atom. The van der Waals surface area contributed by atoms with Gasteiger partial charge in [0.2, 0.25) is 0 Å². The van der Waals surface area contributed by atoms with Gasteiger partial charge in [-0.1, -0.05) is 46.4 Å². The molecule has 104 valence electrons. The van der Waals surface area contributed by atoms with Crippen LogP contribution in [-0.4, -0.2) is 15.8 Å². The highest BCUT2D eigenvalue weighted by molar-refractivity contribution is 7.90. The molecule has 0 saturated heterocycles. The lowest BCUT2D eigenvalue weighted by atomic mass is 10.1. The third kappa shape index (κ3) is 3.12. The highest BCUT2D eigenvalue weighted by Gasteiger charge is 2.09.